The van der Waals surface area contributed by atoms with Crippen molar-refractivity contribution in [3.63, 3.8) is 0 Å². The quantitative estimate of drug-likeness (QED) is 0.606. The Bertz CT molecular complexity index is 1110. The summed E-state index contributed by atoms with van der Waals surface area (Å²) in [6.07, 6.45) is 0. The third-order valence-electron chi connectivity index (χ3n) is 3.96. The SMILES string of the molecule is N#Cc1c(N)n(Cc2ccc(Cl)cc2)c2nc3ccccc3nc12. The normalized spacial score (nSPS) is 11.0. The molecule has 2 aromatic carbocycles. The molecule has 116 valence electrons. The molecule has 0 unspecified atom stereocenters. The van der Waals surface area contributed by atoms with Crippen molar-refractivity contribution in [2.24, 2.45) is 0 Å². The average molecular weight is 334 g/mol. The third-order valence-corrected chi connectivity index (χ3v) is 4.21. The standard InChI is InChI=1S/C18H12ClN5/c19-12-7-5-11(6-8-12)10-24-17(21)13(9-20)16-18(24)23-15-4-2-1-3-14(15)22-16/h1-8H,10,21H2. The average Bonchev–Trinajstić information content (AvgIpc) is 2.85. The highest BCUT2D eigenvalue weighted by atomic mass is 35.5. The number of fused-ring (bicyclic) bond motifs is 2. The molecule has 24 heavy (non-hydrogen) atoms. The lowest BCUT2D eigenvalue weighted by Gasteiger charge is -2.08. The number of hydrogen-bond donors (Lipinski definition) is 1. The van der Waals surface area contributed by atoms with Crippen LogP contribution in [0.4, 0.5) is 5.82 Å². The van der Waals surface area contributed by atoms with Gasteiger partial charge in [-0.2, -0.15) is 5.26 Å². The molecule has 2 N–H and O–H groups in total. The van der Waals surface area contributed by atoms with Crippen molar-refractivity contribution in [2.75, 3.05) is 5.73 Å². The van der Waals surface area contributed by atoms with E-state index in [0.717, 1.165) is 16.6 Å². The Balaban J connectivity index is 1.96. The molecule has 0 aliphatic carbocycles. The lowest BCUT2D eigenvalue weighted by atomic mass is 10.2. The first-order chi connectivity index (χ1) is 11.7. The highest BCUT2D eigenvalue weighted by molar-refractivity contribution is 6.30. The van der Waals surface area contributed by atoms with Gasteiger partial charge < -0.3 is 10.3 Å². The molecule has 0 aliphatic rings. The van der Waals surface area contributed by atoms with Crippen molar-refractivity contribution in [2.45, 2.75) is 6.54 Å². The maximum absolute atomic E-state index is 9.48. The Labute approximate surface area is 142 Å². The zero-order valence-electron chi connectivity index (χ0n) is 12.6. The summed E-state index contributed by atoms with van der Waals surface area (Å²) < 4.78 is 1.82. The number of rotatable bonds is 2. The molecule has 6 heteroatoms. The van der Waals surface area contributed by atoms with E-state index in [9.17, 15) is 5.26 Å². The van der Waals surface area contributed by atoms with Gasteiger partial charge in [-0.1, -0.05) is 35.9 Å². The van der Waals surface area contributed by atoms with Gasteiger partial charge in [-0.05, 0) is 29.8 Å². The van der Waals surface area contributed by atoms with E-state index < -0.39 is 0 Å². The van der Waals surface area contributed by atoms with E-state index in [0.29, 0.717) is 34.1 Å². The molecule has 5 nitrogen and oxygen atoms in total. The van der Waals surface area contributed by atoms with Crippen molar-refractivity contribution in [1.82, 2.24) is 14.5 Å². The predicted octanol–water partition coefficient (Wildman–Crippen LogP) is 3.74. The van der Waals surface area contributed by atoms with E-state index in [4.69, 9.17) is 17.3 Å². The molecule has 4 rings (SSSR count). The molecule has 0 amide bonds. The molecule has 2 heterocycles. The number of nitrogens with two attached hydrogens (primary N) is 1. The van der Waals surface area contributed by atoms with Gasteiger partial charge in [0.2, 0.25) is 0 Å². The monoisotopic (exact) mass is 333 g/mol. The second-order valence-electron chi connectivity index (χ2n) is 5.47. The summed E-state index contributed by atoms with van der Waals surface area (Å²) in [6.45, 7) is 0.494. The lowest BCUT2D eigenvalue weighted by Crippen LogP contribution is -2.05. The molecule has 4 aromatic rings. The van der Waals surface area contributed by atoms with Gasteiger partial charge in [-0.25, -0.2) is 9.97 Å². The first-order valence-electron chi connectivity index (χ1n) is 7.36. The zero-order chi connectivity index (χ0) is 16.7. The largest absolute Gasteiger partial charge is 0.384 e. The van der Waals surface area contributed by atoms with Gasteiger partial charge in [0.15, 0.2) is 5.65 Å². The summed E-state index contributed by atoms with van der Waals surface area (Å²) in [6, 6.07) is 17.2. The van der Waals surface area contributed by atoms with Crippen molar-refractivity contribution in [3.8, 4) is 6.07 Å². The molecule has 2 aromatic heterocycles. The number of nitrogens with zero attached hydrogens (tertiary/aromatic N) is 4. The van der Waals surface area contributed by atoms with Crippen LogP contribution in [-0.4, -0.2) is 14.5 Å². The number of hydrogen-bond acceptors (Lipinski definition) is 4. The number of aromatic nitrogens is 3. The molecule has 0 radical (unpaired) electrons. The minimum Gasteiger partial charge on any atom is -0.384 e. The summed E-state index contributed by atoms with van der Waals surface area (Å²) in [5.74, 6) is 0.373. The Hall–Kier alpha value is -3.10. The second-order valence-corrected chi connectivity index (χ2v) is 5.91. The highest BCUT2D eigenvalue weighted by Gasteiger charge is 2.18. The van der Waals surface area contributed by atoms with Crippen LogP contribution in [-0.2, 0) is 6.54 Å². The van der Waals surface area contributed by atoms with Crippen molar-refractivity contribution in [3.05, 3.63) is 64.7 Å². The van der Waals surface area contributed by atoms with Crippen LogP contribution in [0.2, 0.25) is 5.02 Å². The number of nitrogen functional groups attached to an aromatic ring is 1. The molecule has 0 fully saturated rings. The lowest BCUT2D eigenvalue weighted by molar-refractivity contribution is 0.837. The van der Waals surface area contributed by atoms with Gasteiger partial charge >= 0.3 is 0 Å². The number of halogens is 1. The first kappa shape index (κ1) is 14.5. The molecule has 0 spiro atoms. The Morgan fingerprint density at radius 2 is 1.71 bits per heavy atom. The minimum absolute atomic E-state index is 0.359. The van der Waals surface area contributed by atoms with Crippen LogP contribution in [0.25, 0.3) is 22.2 Å². The van der Waals surface area contributed by atoms with E-state index in [-0.39, 0.29) is 0 Å². The molecular formula is C18H12ClN5. The van der Waals surface area contributed by atoms with E-state index >= 15 is 0 Å². The van der Waals surface area contributed by atoms with Crippen molar-refractivity contribution in [1.29, 1.82) is 5.26 Å². The number of nitriles is 1. The van der Waals surface area contributed by atoms with E-state index in [1.807, 2.05) is 53.1 Å². The molecule has 0 bridgehead atoms. The van der Waals surface area contributed by atoms with E-state index in [1.54, 1.807) is 0 Å². The van der Waals surface area contributed by atoms with Crippen molar-refractivity contribution < 1.29 is 0 Å². The smallest absolute Gasteiger partial charge is 0.162 e. The molecular weight excluding hydrogens is 322 g/mol. The summed E-state index contributed by atoms with van der Waals surface area (Å²) in [5.41, 5.74) is 10.2. The Morgan fingerprint density at radius 1 is 1.04 bits per heavy atom. The fraction of sp³-hybridized carbons (Fsp3) is 0.0556. The number of benzene rings is 2. The van der Waals surface area contributed by atoms with Gasteiger partial charge in [-0.3, -0.25) is 0 Å². The summed E-state index contributed by atoms with van der Waals surface area (Å²) in [7, 11) is 0. The van der Waals surface area contributed by atoms with Gasteiger partial charge in [0.05, 0.1) is 17.6 Å². The van der Waals surface area contributed by atoms with Gasteiger partial charge in [0.1, 0.15) is 23.0 Å². The Morgan fingerprint density at radius 3 is 2.38 bits per heavy atom. The van der Waals surface area contributed by atoms with Crippen LogP contribution in [0.5, 0.6) is 0 Å². The second kappa shape index (κ2) is 5.52. The molecule has 0 saturated heterocycles. The van der Waals surface area contributed by atoms with E-state index in [1.165, 1.54) is 0 Å². The summed E-state index contributed by atoms with van der Waals surface area (Å²) in [4.78, 5) is 9.24. The molecule has 0 saturated carbocycles. The zero-order valence-corrected chi connectivity index (χ0v) is 13.3. The summed E-state index contributed by atoms with van der Waals surface area (Å²) in [5, 5.41) is 10.1. The van der Waals surface area contributed by atoms with Crippen LogP contribution in [0, 0.1) is 11.3 Å². The third kappa shape index (κ3) is 2.25. The highest BCUT2D eigenvalue weighted by Crippen LogP contribution is 2.28. The maximum Gasteiger partial charge on any atom is 0.162 e. The molecule has 0 aliphatic heterocycles. The minimum atomic E-state index is 0.359. The predicted molar refractivity (Wildman–Crippen MR) is 94.7 cm³/mol. The topological polar surface area (TPSA) is 80.5 Å². The Kier molecular flexibility index (Phi) is 3.33. The summed E-state index contributed by atoms with van der Waals surface area (Å²) >= 11 is 5.94. The number of anilines is 1. The number of para-hydroxylation sites is 2. The van der Waals surface area contributed by atoms with Crippen LogP contribution in [0.15, 0.2) is 48.5 Å². The maximum atomic E-state index is 9.48. The van der Waals surface area contributed by atoms with Crippen LogP contribution < -0.4 is 5.73 Å². The fourth-order valence-electron chi connectivity index (χ4n) is 2.76. The van der Waals surface area contributed by atoms with Crippen LogP contribution in [0.3, 0.4) is 0 Å². The van der Waals surface area contributed by atoms with Gasteiger partial charge in [0, 0.05) is 5.02 Å². The van der Waals surface area contributed by atoms with Gasteiger partial charge in [-0.15, -0.1) is 0 Å². The van der Waals surface area contributed by atoms with E-state index in [2.05, 4.69) is 16.0 Å². The molecule has 0 atom stereocenters. The van der Waals surface area contributed by atoms with Crippen molar-refractivity contribution >= 4 is 39.6 Å². The first-order valence-corrected chi connectivity index (χ1v) is 7.74. The van der Waals surface area contributed by atoms with Crippen LogP contribution >= 0.6 is 11.6 Å². The fourth-order valence-corrected chi connectivity index (χ4v) is 2.89. The van der Waals surface area contributed by atoms with Gasteiger partial charge in [0.25, 0.3) is 0 Å². The van der Waals surface area contributed by atoms with Crippen LogP contribution in [0.1, 0.15) is 11.1 Å².